The van der Waals surface area contributed by atoms with E-state index >= 15 is 0 Å². The van der Waals surface area contributed by atoms with Crippen molar-refractivity contribution < 1.29 is 24.9 Å². The zero-order valence-corrected chi connectivity index (χ0v) is 8.81. The highest BCUT2D eigenvalue weighted by Gasteiger charge is 2.25. The molecule has 1 unspecified atom stereocenters. The van der Waals surface area contributed by atoms with E-state index in [4.69, 9.17) is 26.9 Å². The van der Waals surface area contributed by atoms with Gasteiger partial charge in [-0.05, 0) is 17.7 Å². The summed E-state index contributed by atoms with van der Waals surface area (Å²) in [5, 5.41) is 26.6. The minimum Gasteiger partial charge on any atom is -0.508 e. The van der Waals surface area contributed by atoms with Crippen LogP contribution in [0.25, 0.3) is 0 Å². The zero-order chi connectivity index (χ0) is 12.3. The fourth-order valence-corrected chi connectivity index (χ4v) is 1.61. The van der Waals surface area contributed by atoms with Gasteiger partial charge in [0.1, 0.15) is 5.75 Å². The van der Waals surface area contributed by atoms with Crippen molar-refractivity contribution in [3.63, 3.8) is 0 Å². The van der Waals surface area contributed by atoms with Crippen LogP contribution in [0.5, 0.6) is 5.75 Å². The molecular formula is C10H9ClO5. The Hall–Kier alpha value is -1.75. The van der Waals surface area contributed by atoms with Crippen molar-refractivity contribution in [1.82, 2.24) is 0 Å². The number of benzene rings is 1. The molecule has 0 amide bonds. The molecule has 1 aromatic rings. The molecule has 6 heteroatoms. The summed E-state index contributed by atoms with van der Waals surface area (Å²) in [6.45, 7) is 0. The number of carboxylic acid groups (broad SMARTS) is 2. The first-order valence-corrected chi connectivity index (χ1v) is 4.72. The smallest absolute Gasteiger partial charge is 0.311 e. The number of rotatable bonds is 4. The second-order valence-corrected chi connectivity index (χ2v) is 3.60. The van der Waals surface area contributed by atoms with Crippen LogP contribution >= 0.6 is 11.6 Å². The Morgan fingerprint density at radius 1 is 1.31 bits per heavy atom. The van der Waals surface area contributed by atoms with E-state index in [1.54, 1.807) is 0 Å². The van der Waals surface area contributed by atoms with E-state index in [0.29, 0.717) is 0 Å². The molecule has 0 bridgehead atoms. The Bertz CT molecular complexity index is 429. The van der Waals surface area contributed by atoms with Crippen molar-refractivity contribution in [3.05, 3.63) is 28.8 Å². The maximum absolute atomic E-state index is 10.9. The Morgan fingerprint density at radius 3 is 2.38 bits per heavy atom. The van der Waals surface area contributed by atoms with Gasteiger partial charge in [-0.25, -0.2) is 0 Å². The van der Waals surface area contributed by atoms with Gasteiger partial charge in [0.15, 0.2) is 0 Å². The standard InChI is InChI=1S/C10H9ClO5/c11-8-3-5(12)1-2-6(8)7(10(15)16)4-9(13)14/h1-3,7,12H,4H2,(H,13,14)(H,15,16). The number of carbonyl (C=O) groups is 2. The molecule has 0 saturated carbocycles. The van der Waals surface area contributed by atoms with Gasteiger partial charge in [-0.3, -0.25) is 9.59 Å². The molecule has 16 heavy (non-hydrogen) atoms. The van der Waals surface area contributed by atoms with Crippen molar-refractivity contribution in [3.8, 4) is 5.75 Å². The minimum absolute atomic E-state index is 0.0358. The first-order chi connectivity index (χ1) is 7.41. The van der Waals surface area contributed by atoms with Gasteiger partial charge in [-0.15, -0.1) is 0 Å². The third-order valence-corrected chi connectivity index (χ3v) is 2.36. The number of hydrogen-bond donors (Lipinski definition) is 3. The molecule has 0 fully saturated rings. The third kappa shape index (κ3) is 2.87. The first-order valence-electron chi connectivity index (χ1n) is 4.35. The van der Waals surface area contributed by atoms with Crippen molar-refractivity contribution >= 4 is 23.5 Å². The van der Waals surface area contributed by atoms with Crippen LogP contribution in [0.3, 0.4) is 0 Å². The fourth-order valence-electron chi connectivity index (χ4n) is 1.30. The van der Waals surface area contributed by atoms with Gasteiger partial charge in [0.05, 0.1) is 12.3 Å². The van der Waals surface area contributed by atoms with Crippen molar-refractivity contribution in [2.24, 2.45) is 0 Å². The number of phenolic OH excluding ortho intramolecular Hbond substituents is 1. The molecule has 1 atom stereocenters. The van der Waals surface area contributed by atoms with Crippen molar-refractivity contribution in [2.75, 3.05) is 0 Å². The average Bonchev–Trinajstić information content (AvgIpc) is 2.14. The molecule has 0 spiro atoms. The van der Waals surface area contributed by atoms with E-state index in [1.165, 1.54) is 18.2 Å². The van der Waals surface area contributed by atoms with Gasteiger partial charge in [0, 0.05) is 5.02 Å². The quantitative estimate of drug-likeness (QED) is 0.749. The van der Waals surface area contributed by atoms with E-state index in [-0.39, 0.29) is 16.3 Å². The number of aliphatic carboxylic acids is 2. The highest BCUT2D eigenvalue weighted by atomic mass is 35.5. The van der Waals surface area contributed by atoms with Crippen LogP contribution in [0.2, 0.25) is 5.02 Å². The minimum atomic E-state index is -1.27. The highest BCUT2D eigenvalue weighted by molar-refractivity contribution is 6.31. The fraction of sp³-hybridized carbons (Fsp3) is 0.200. The third-order valence-electron chi connectivity index (χ3n) is 2.04. The van der Waals surface area contributed by atoms with Gasteiger partial charge in [-0.1, -0.05) is 17.7 Å². The molecule has 0 aliphatic carbocycles. The first kappa shape index (κ1) is 12.3. The normalized spacial score (nSPS) is 12.1. The Balaban J connectivity index is 3.10. The van der Waals surface area contributed by atoms with E-state index in [0.717, 1.165) is 0 Å². The molecule has 3 N–H and O–H groups in total. The molecule has 86 valence electrons. The molecule has 0 heterocycles. The summed E-state index contributed by atoms with van der Waals surface area (Å²) in [5.74, 6) is -3.81. The Labute approximate surface area is 95.9 Å². The number of hydrogen-bond acceptors (Lipinski definition) is 3. The molecule has 0 radical (unpaired) electrons. The lowest BCUT2D eigenvalue weighted by atomic mass is 9.96. The molecule has 5 nitrogen and oxygen atoms in total. The predicted octanol–water partition coefficient (Wildman–Crippen LogP) is 1.69. The average molecular weight is 245 g/mol. The number of aromatic hydroxyl groups is 1. The van der Waals surface area contributed by atoms with Crippen LogP contribution in [0.4, 0.5) is 0 Å². The maximum atomic E-state index is 10.9. The lowest BCUT2D eigenvalue weighted by Gasteiger charge is -2.12. The summed E-state index contributed by atoms with van der Waals surface area (Å²) in [5.41, 5.74) is 0.175. The molecule has 0 saturated heterocycles. The zero-order valence-electron chi connectivity index (χ0n) is 8.05. The van der Waals surface area contributed by atoms with E-state index in [9.17, 15) is 9.59 Å². The number of halogens is 1. The van der Waals surface area contributed by atoms with Gasteiger partial charge in [0.2, 0.25) is 0 Å². The Kier molecular flexibility index (Phi) is 3.73. The lowest BCUT2D eigenvalue weighted by molar-refractivity contribution is -0.145. The summed E-state index contributed by atoms with van der Waals surface area (Å²) >= 11 is 5.74. The van der Waals surface area contributed by atoms with Gasteiger partial charge in [0.25, 0.3) is 0 Å². The maximum Gasteiger partial charge on any atom is 0.311 e. The number of carboxylic acids is 2. The lowest BCUT2D eigenvalue weighted by Crippen LogP contribution is -2.16. The van der Waals surface area contributed by atoms with Crippen LogP contribution < -0.4 is 0 Å². The van der Waals surface area contributed by atoms with Crippen LogP contribution in [0.1, 0.15) is 17.9 Å². The van der Waals surface area contributed by atoms with Crippen LogP contribution in [-0.2, 0) is 9.59 Å². The number of phenols is 1. The van der Waals surface area contributed by atoms with Gasteiger partial charge < -0.3 is 15.3 Å². The van der Waals surface area contributed by atoms with E-state index in [1.807, 2.05) is 0 Å². The van der Waals surface area contributed by atoms with Gasteiger partial charge >= 0.3 is 11.9 Å². The molecule has 0 aliphatic heterocycles. The van der Waals surface area contributed by atoms with E-state index in [2.05, 4.69) is 0 Å². The Morgan fingerprint density at radius 2 is 1.94 bits per heavy atom. The summed E-state index contributed by atoms with van der Waals surface area (Å²) < 4.78 is 0. The summed E-state index contributed by atoms with van der Waals surface area (Å²) in [4.78, 5) is 21.4. The van der Waals surface area contributed by atoms with Gasteiger partial charge in [-0.2, -0.15) is 0 Å². The molecule has 0 aromatic heterocycles. The molecular weight excluding hydrogens is 236 g/mol. The van der Waals surface area contributed by atoms with Crippen molar-refractivity contribution in [2.45, 2.75) is 12.3 Å². The predicted molar refractivity (Wildman–Crippen MR) is 55.7 cm³/mol. The summed E-state index contributed by atoms with van der Waals surface area (Å²) in [7, 11) is 0. The van der Waals surface area contributed by atoms with Crippen LogP contribution in [-0.4, -0.2) is 27.3 Å². The summed E-state index contributed by atoms with van der Waals surface area (Å²) in [6.07, 6.45) is -0.556. The van der Waals surface area contributed by atoms with Crippen molar-refractivity contribution in [1.29, 1.82) is 0 Å². The molecule has 0 aliphatic rings. The van der Waals surface area contributed by atoms with E-state index < -0.39 is 24.3 Å². The SMILES string of the molecule is O=C(O)CC(C(=O)O)c1ccc(O)cc1Cl. The molecule has 1 aromatic carbocycles. The summed E-state index contributed by atoms with van der Waals surface area (Å²) in [6, 6.07) is 3.74. The largest absolute Gasteiger partial charge is 0.508 e. The topological polar surface area (TPSA) is 94.8 Å². The van der Waals surface area contributed by atoms with Crippen LogP contribution in [0.15, 0.2) is 18.2 Å². The second-order valence-electron chi connectivity index (χ2n) is 3.19. The molecule has 1 rings (SSSR count). The monoisotopic (exact) mass is 244 g/mol. The highest BCUT2D eigenvalue weighted by Crippen LogP contribution is 2.30. The second kappa shape index (κ2) is 4.85. The van der Waals surface area contributed by atoms with Crippen LogP contribution in [0, 0.1) is 0 Å².